The van der Waals surface area contributed by atoms with Crippen molar-refractivity contribution in [3.05, 3.63) is 42.3 Å². The lowest BCUT2D eigenvalue weighted by Gasteiger charge is -2.07. The standard InChI is InChI=1S/C11H9FN4/c12-7-3-1-4-8-10(7)14-11(15-13)9-5-2-6-16(8)9/h1-6H,13H2,(H,14,15). The maximum absolute atomic E-state index is 13.6. The molecule has 0 aliphatic carbocycles. The monoisotopic (exact) mass is 216 g/mol. The molecule has 3 N–H and O–H groups in total. The number of nitrogens with one attached hydrogen (secondary N) is 1. The van der Waals surface area contributed by atoms with Gasteiger partial charge in [0.25, 0.3) is 0 Å². The van der Waals surface area contributed by atoms with Crippen molar-refractivity contribution in [1.82, 2.24) is 9.38 Å². The van der Waals surface area contributed by atoms with E-state index in [0.717, 1.165) is 11.0 Å². The van der Waals surface area contributed by atoms with Gasteiger partial charge in [0.05, 0.1) is 11.0 Å². The van der Waals surface area contributed by atoms with Crippen LogP contribution in [0.3, 0.4) is 0 Å². The van der Waals surface area contributed by atoms with Gasteiger partial charge in [0.2, 0.25) is 0 Å². The Morgan fingerprint density at radius 3 is 2.81 bits per heavy atom. The molecule has 4 nitrogen and oxygen atoms in total. The quantitative estimate of drug-likeness (QED) is 0.482. The fraction of sp³-hybridized carbons (Fsp3) is 0. The number of halogens is 1. The summed E-state index contributed by atoms with van der Waals surface area (Å²) in [6.07, 6.45) is 1.85. The molecular formula is C11H9FN4. The molecule has 0 amide bonds. The molecule has 0 fully saturated rings. The van der Waals surface area contributed by atoms with E-state index in [0.29, 0.717) is 11.3 Å². The van der Waals surface area contributed by atoms with E-state index in [2.05, 4.69) is 10.4 Å². The summed E-state index contributed by atoms with van der Waals surface area (Å²) in [5.74, 6) is 5.47. The number of hydrogen-bond donors (Lipinski definition) is 2. The summed E-state index contributed by atoms with van der Waals surface area (Å²) in [5.41, 5.74) is 4.32. The summed E-state index contributed by atoms with van der Waals surface area (Å²) >= 11 is 0. The first kappa shape index (κ1) is 9.11. The minimum absolute atomic E-state index is 0.305. The van der Waals surface area contributed by atoms with Crippen LogP contribution in [0.15, 0.2) is 36.5 Å². The summed E-state index contributed by atoms with van der Waals surface area (Å²) < 4.78 is 15.4. The maximum atomic E-state index is 13.6. The fourth-order valence-corrected chi connectivity index (χ4v) is 1.87. The van der Waals surface area contributed by atoms with Gasteiger partial charge in [0.1, 0.15) is 5.52 Å². The zero-order valence-electron chi connectivity index (χ0n) is 8.31. The van der Waals surface area contributed by atoms with Crippen molar-refractivity contribution in [2.45, 2.75) is 0 Å². The highest BCUT2D eigenvalue weighted by molar-refractivity contribution is 5.84. The van der Waals surface area contributed by atoms with E-state index in [1.165, 1.54) is 6.07 Å². The van der Waals surface area contributed by atoms with Crippen molar-refractivity contribution in [2.75, 3.05) is 5.43 Å². The van der Waals surface area contributed by atoms with Gasteiger partial charge in [-0.05, 0) is 24.3 Å². The number of para-hydroxylation sites is 1. The summed E-state index contributed by atoms with van der Waals surface area (Å²) in [6.45, 7) is 0. The third-order valence-electron chi connectivity index (χ3n) is 2.58. The first-order valence-corrected chi connectivity index (χ1v) is 4.83. The average Bonchev–Trinajstić information content (AvgIpc) is 2.78. The Bertz CT molecular complexity index is 674. The molecule has 0 spiro atoms. The van der Waals surface area contributed by atoms with Crippen molar-refractivity contribution in [1.29, 1.82) is 0 Å². The lowest BCUT2D eigenvalue weighted by Crippen LogP contribution is -2.10. The van der Waals surface area contributed by atoms with Crippen molar-refractivity contribution >= 4 is 22.4 Å². The highest BCUT2D eigenvalue weighted by Crippen LogP contribution is 2.23. The molecule has 0 aliphatic rings. The Balaban J connectivity index is 2.59. The van der Waals surface area contributed by atoms with Crippen molar-refractivity contribution < 1.29 is 4.39 Å². The normalized spacial score (nSPS) is 11.1. The van der Waals surface area contributed by atoms with Crippen LogP contribution in [0.1, 0.15) is 0 Å². The molecule has 1 aromatic carbocycles. The molecule has 3 rings (SSSR count). The van der Waals surface area contributed by atoms with Crippen LogP contribution in [-0.2, 0) is 0 Å². The Morgan fingerprint density at radius 1 is 1.19 bits per heavy atom. The van der Waals surface area contributed by atoms with Crippen LogP contribution in [-0.4, -0.2) is 9.38 Å². The summed E-state index contributed by atoms with van der Waals surface area (Å²) in [6, 6.07) is 8.59. The van der Waals surface area contributed by atoms with E-state index in [1.54, 1.807) is 6.07 Å². The Morgan fingerprint density at radius 2 is 2.00 bits per heavy atom. The number of anilines is 1. The largest absolute Gasteiger partial charge is 0.312 e. The van der Waals surface area contributed by atoms with Gasteiger partial charge in [0, 0.05) is 6.20 Å². The molecule has 0 aliphatic heterocycles. The van der Waals surface area contributed by atoms with E-state index >= 15 is 0 Å². The zero-order valence-corrected chi connectivity index (χ0v) is 8.31. The number of nitrogen functional groups attached to an aromatic ring is 1. The Hall–Kier alpha value is -2.14. The van der Waals surface area contributed by atoms with Crippen LogP contribution in [0.25, 0.3) is 16.6 Å². The molecule has 0 saturated heterocycles. The molecule has 0 bridgehead atoms. The second-order valence-electron chi connectivity index (χ2n) is 3.48. The second-order valence-corrected chi connectivity index (χ2v) is 3.48. The number of rotatable bonds is 1. The molecule has 0 unspecified atom stereocenters. The number of fused-ring (bicyclic) bond motifs is 3. The van der Waals surface area contributed by atoms with Crippen LogP contribution in [0, 0.1) is 5.82 Å². The van der Waals surface area contributed by atoms with Gasteiger partial charge in [-0.3, -0.25) is 0 Å². The van der Waals surface area contributed by atoms with Crippen molar-refractivity contribution in [3.8, 4) is 0 Å². The molecule has 16 heavy (non-hydrogen) atoms. The van der Waals surface area contributed by atoms with Gasteiger partial charge in [-0.2, -0.15) is 0 Å². The van der Waals surface area contributed by atoms with Gasteiger partial charge in [-0.25, -0.2) is 15.2 Å². The van der Waals surface area contributed by atoms with Crippen LogP contribution in [0.5, 0.6) is 0 Å². The van der Waals surface area contributed by atoms with Gasteiger partial charge < -0.3 is 9.83 Å². The van der Waals surface area contributed by atoms with Gasteiger partial charge in [-0.15, -0.1) is 0 Å². The van der Waals surface area contributed by atoms with Gasteiger partial charge in [0.15, 0.2) is 11.6 Å². The molecule has 80 valence electrons. The number of benzene rings is 1. The summed E-state index contributed by atoms with van der Waals surface area (Å²) in [7, 11) is 0. The highest BCUT2D eigenvalue weighted by Gasteiger charge is 2.09. The number of nitrogens with two attached hydrogens (primary N) is 1. The Labute approximate surface area is 90.5 Å². The van der Waals surface area contributed by atoms with Gasteiger partial charge >= 0.3 is 0 Å². The first-order chi connectivity index (χ1) is 7.81. The predicted octanol–water partition coefficient (Wildman–Crippen LogP) is 1.91. The SMILES string of the molecule is NNc1nc2c(F)cccc2n2cccc12. The zero-order chi connectivity index (χ0) is 11.1. The third-order valence-corrected chi connectivity index (χ3v) is 2.58. The Kier molecular flexibility index (Phi) is 1.81. The average molecular weight is 216 g/mol. The van der Waals surface area contributed by atoms with E-state index in [4.69, 9.17) is 5.84 Å². The topological polar surface area (TPSA) is 55.3 Å². The molecular weight excluding hydrogens is 207 g/mol. The van der Waals surface area contributed by atoms with Crippen molar-refractivity contribution in [3.63, 3.8) is 0 Å². The van der Waals surface area contributed by atoms with E-state index in [1.807, 2.05) is 28.8 Å². The minimum Gasteiger partial charge on any atom is -0.312 e. The van der Waals surface area contributed by atoms with Crippen LogP contribution in [0.4, 0.5) is 10.2 Å². The van der Waals surface area contributed by atoms with Crippen molar-refractivity contribution in [2.24, 2.45) is 5.84 Å². The number of aromatic nitrogens is 2. The molecule has 2 aromatic heterocycles. The van der Waals surface area contributed by atoms with Crippen LogP contribution in [0.2, 0.25) is 0 Å². The van der Waals surface area contributed by atoms with Gasteiger partial charge in [-0.1, -0.05) is 6.07 Å². The number of nitrogens with zero attached hydrogens (tertiary/aromatic N) is 2. The van der Waals surface area contributed by atoms with E-state index in [-0.39, 0.29) is 5.82 Å². The van der Waals surface area contributed by atoms with E-state index in [9.17, 15) is 4.39 Å². The summed E-state index contributed by atoms with van der Waals surface area (Å²) in [5, 5.41) is 0. The molecule has 2 heterocycles. The fourth-order valence-electron chi connectivity index (χ4n) is 1.87. The smallest absolute Gasteiger partial charge is 0.165 e. The first-order valence-electron chi connectivity index (χ1n) is 4.83. The lowest BCUT2D eigenvalue weighted by atomic mass is 10.3. The highest BCUT2D eigenvalue weighted by atomic mass is 19.1. The molecule has 0 saturated carbocycles. The number of hydrogen-bond acceptors (Lipinski definition) is 3. The summed E-state index contributed by atoms with van der Waals surface area (Å²) in [4.78, 5) is 4.16. The minimum atomic E-state index is -0.357. The van der Waals surface area contributed by atoms with E-state index < -0.39 is 0 Å². The third kappa shape index (κ3) is 1.09. The molecule has 0 atom stereocenters. The predicted molar refractivity (Wildman–Crippen MR) is 60.5 cm³/mol. The molecule has 0 radical (unpaired) electrons. The molecule has 3 aromatic rings. The van der Waals surface area contributed by atoms with Crippen LogP contribution >= 0.6 is 0 Å². The second kappa shape index (κ2) is 3.18. The maximum Gasteiger partial charge on any atom is 0.165 e. The number of hydrazine groups is 1. The van der Waals surface area contributed by atoms with Crippen LogP contribution < -0.4 is 11.3 Å². The molecule has 5 heteroatoms. The lowest BCUT2D eigenvalue weighted by molar-refractivity contribution is 0.636.